The molecule has 1 aromatic heterocycles. The molecule has 2 amide bonds. The van der Waals surface area contributed by atoms with Gasteiger partial charge in [0.1, 0.15) is 0 Å². The first-order valence-corrected chi connectivity index (χ1v) is 8.18. The molecule has 1 saturated carbocycles. The fourth-order valence-corrected chi connectivity index (χ4v) is 3.70. The van der Waals surface area contributed by atoms with Gasteiger partial charge in [0.15, 0.2) is 6.04 Å². The van der Waals surface area contributed by atoms with Crippen molar-refractivity contribution in [3.8, 4) is 0 Å². The van der Waals surface area contributed by atoms with Crippen molar-refractivity contribution in [2.24, 2.45) is 11.8 Å². The van der Waals surface area contributed by atoms with Crippen LogP contribution in [0, 0.1) is 11.8 Å². The summed E-state index contributed by atoms with van der Waals surface area (Å²) < 4.78 is 0. The van der Waals surface area contributed by atoms with Crippen molar-refractivity contribution in [1.29, 1.82) is 0 Å². The number of amides is 2. The van der Waals surface area contributed by atoms with Gasteiger partial charge in [0.05, 0.1) is 0 Å². The first-order chi connectivity index (χ1) is 9.97. The van der Waals surface area contributed by atoms with E-state index in [0.717, 1.165) is 19.3 Å². The molecule has 3 N–H and O–H groups in total. The summed E-state index contributed by atoms with van der Waals surface area (Å²) in [6, 6.07) is 2.23. The van der Waals surface area contributed by atoms with Gasteiger partial charge < -0.3 is 15.7 Å². The van der Waals surface area contributed by atoms with Crippen molar-refractivity contribution in [3.63, 3.8) is 0 Å². The summed E-state index contributed by atoms with van der Waals surface area (Å²) in [7, 11) is 0. The topological polar surface area (TPSA) is 78.4 Å². The second-order valence-corrected chi connectivity index (χ2v) is 6.89. The van der Waals surface area contributed by atoms with Gasteiger partial charge in [0, 0.05) is 10.9 Å². The molecule has 1 aliphatic rings. The Bertz CT molecular complexity index is 489. The zero-order valence-corrected chi connectivity index (χ0v) is 13.2. The maximum absolute atomic E-state index is 12.1. The summed E-state index contributed by atoms with van der Waals surface area (Å²) in [5.74, 6) is 0.0708. The molecule has 2 rings (SSSR count). The molecule has 5 nitrogen and oxygen atoms in total. The third-order valence-electron chi connectivity index (χ3n) is 4.10. The Kier molecular flexibility index (Phi) is 5.22. The Hall–Kier alpha value is -1.56. The van der Waals surface area contributed by atoms with Crippen LogP contribution in [0.4, 0.5) is 4.79 Å². The zero-order chi connectivity index (χ0) is 15.4. The van der Waals surface area contributed by atoms with E-state index in [2.05, 4.69) is 24.5 Å². The van der Waals surface area contributed by atoms with Gasteiger partial charge in [-0.3, -0.25) is 0 Å². The van der Waals surface area contributed by atoms with E-state index in [0.29, 0.717) is 16.7 Å². The highest BCUT2D eigenvalue weighted by atomic mass is 32.1. The van der Waals surface area contributed by atoms with Crippen LogP contribution < -0.4 is 10.6 Å². The molecule has 0 bridgehead atoms. The van der Waals surface area contributed by atoms with Crippen LogP contribution in [0.3, 0.4) is 0 Å². The SMILES string of the molecule is CC1CCC(NC(=O)NC(C(=O)O)c2cccs2)C(C)C1. The third-order valence-corrected chi connectivity index (χ3v) is 5.04. The monoisotopic (exact) mass is 310 g/mol. The van der Waals surface area contributed by atoms with Crippen molar-refractivity contribution < 1.29 is 14.7 Å². The van der Waals surface area contributed by atoms with Gasteiger partial charge in [-0.25, -0.2) is 9.59 Å². The number of urea groups is 1. The lowest BCUT2D eigenvalue weighted by Gasteiger charge is -2.33. The molecule has 6 heteroatoms. The number of carbonyl (C=O) groups excluding carboxylic acids is 1. The van der Waals surface area contributed by atoms with E-state index in [1.807, 2.05) is 0 Å². The van der Waals surface area contributed by atoms with Crippen LogP contribution in [0.5, 0.6) is 0 Å². The van der Waals surface area contributed by atoms with Crippen LogP contribution in [-0.2, 0) is 4.79 Å². The number of thiophene rings is 1. The maximum Gasteiger partial charge on any atom is 0.331 e. The fraction of sp³-hybridized carbons (Fsp3) is 0.600. The molecule has 4 unspecified atom stereocenters. The quantitative estimate of drug-likeness (QED) is 0.800. The Morgan fingerprint density at radius 3 is 2.71 bits per heavy atom. The molecule has 0 aliphatic heterocycles. The van der Waals surface area contributed by atoms with Gasteiger partial charge in [-0.05, 0) is 42.5 Å². The first kappa shape index (κ1) is 15.8. The van der Waals surface area contributed by atoms with Gasteiger partial charge >= 0.3 is 12.0 Å². The minimum absolute atomic E-state index is 0.124. The molecule has 1 aliphatic carbocycles. The number of carbonyl (C=O) groups is 2. The molecule has 0 spiro atoms. The summed E-state index contributed by atoms with van der Waals surface area (Å²) in [5.41, 5.74) is 0. The first-order valence-electron chi connectivity index (χ1n) is 7.30. The van der Waals surface area contributed by atoms with Gasteiger partial charge in [-0.1, -0.05) is 19.9 Å². The van der Waals surface area contributed by atoms with Gasteiger partial charge in [0.25, 0.3) is 0 Å². The fourth-order valence-electron chi connectivity index (χ4n) is 2.93. The average Bonchev–Trinajstić information content (AvgIpc) is 2.92. The summed E-state index contributed by atoms with van der Waals surface area (Å²) in [6.07, 6.45) is 3.15. The normalized spacial score (nSPS) is 26.9. The number of hydrogen-bond acceptors (Lipinski definition) is 3. The zero-order valence-electron chi connectivity index (χ0n) is 12.3. The Morgan fingerprint density at radius 1 is 1.38 bits per heavy atom. The van der Waals surface area contributed by atoms with E-state index in [-0.39, 0.29) is 6.04 Å². The molecule has 1 aromatic rings. The Labute approximate surface area is 128 Å². The van der Waals surface area contributed by atoms with Crippen LogP contribution >= 0.6 is 11.3 Å². The van der Waals surface area contributed by atoms with Crippen molar-refractivity contribution in [2.45, 2.75) is 45.2 Å². The van der Waals surface area contributed by atoms with Gasteiger partial charge in [0.2, 0.25) is 0 Å². The molecule has 21 heavy (non-hydrogen) atoms. The summed E-state index contributed by atoms with van der Waals surface area (Å²) >= 11 is 1.32. The summed E-state index contributed by atoms with van der Waals surface area (Å²) in [5, 5.41) is 16.5. The minimum Gasteiger partial charge on any atom is -0.479 e. The van der Waals surface area contributed by atoms with E-state index in [1.54, 1.807) is 17.5 Å². The van der Waals surface area contributed by atoms with E-state index < -0.39 is 18.0 Å². The van der Waals surface area contributed by atoms with Crippen LogP contribution in [0.15, 0.2) is 17.5 Å². The highest BCUT2D eigenvalue weighted by molar-refractivity contribution is 7.10. The van der Waals surface area contributed by atoms with Crippen LogP contribution in [-0.4, -0.2) is 23.1 Å². The number of carboxylic acid groups (broad SMARTS) is 1. The van der Waals surface area contributed by atoms with Crippen molar-refractivity contribution >= 4 is 23.3 Å². The predicted octanol–water partition coefficient (Wildman–Crippen LogP) is 3.00. The van der Waals surface area contributed by atoms with Crippen molar-refractivity contribution in [1.82, 2.24) is 10.6 Å². The van der Waals surface area contributed by atoms with Crippen LogP contribution in [0.25, 0.3) is 0 Å². The number of hydrogen-bond donors (Lipinski definition) is 3. The van der Waals surface area contributed by atoms with E-state index >= 15 is 0 Å². The van der Waals surface area contributed by atoms with Gasteiger partial charge in [-0.2, -0.15) is 0 Å². The van der Waals surface area contributed by atoms with Crippen LogP contribution in [0.2, 0.25) is 0 Å². The standard InChI is InChI=1S/C15H22N2O3S/c1-9-5-6-11(10(2)8-9)16-15(20)17-13(14(18)19)12-4-3-7-21-12/h3-4,7,9-11,13H,5-6,8H2,1-2H3,(H,18,19)(H2,16,17,20). The number of aliphatic carboxylic acids is 1. The van der Waals surface area contributed by atoms with Crippen molar-refractivity contribution in [2.75, 3.05) is 0 Å². The van der Waals surface area contributed by atoms with Crippen molar-refractivity contribution in [3.05, 3.63) is 22.4 Å². The molecular formula is C15H22N2O3S. The molecule has 1 fully saturated rings. The molecule has 4 atom stereocenters. The highest BCUT2D eigenvalue weighted by Crippen LogP contribution is 2.28. The van der Waals surface area contributed by atoms with Crippen LogP contribution in [0.1, 0.15) is 44.0 Å². The molecule has 0 saturated heterocycles. The van der Waals surface area contributed by atoms with Gasteiger partial charge in [-0.15, -0.1) is 11.3 Å². The number of nitrogens with one attached hydrogen (secondary N) is 2. The Morgan fingerprint density at radius 2 is 2.14 bits per heavy atom. The molecule has 0 aromatic carbocycles. The van der Waals surface area contributed by atoms with E-state index in [4.69, 9.17) is 0 Å². The largest absolute Gasteiger partial charge is 0.479 e. The second-order valence-electron chi connectivity index (χ2n) is 5.91. The number of carboxylic acids is 1. The summed E-state index contributed by atoms with van der Waals surface area (Å²) in [6.45, 7) is 4.36. The lowest BCUT2D eigenvalue weighted by Crippen LogP contribution is -2.48. The lowest BCUT2D eigenvalue weighted by atomic mass is 9.80. The predicted molar refractivity (Wildman–Crippen MR) is 82.3 cm³/mol. The minimum atomic E-state index is -1.04. The molecule has 0 radical (unpaired) electrons. The second kappa shape index (κ2) is 6.93. The van der Waals surface area contributed by atoms with E-state index in [9.17, 15) is 14.7 Å². The smallest absolute Gasteiger partial charge is 0.331 e. The highest BCUT2D eigenvalue weighted by Gasteiger charge is 2.28. The lowest BCUT2D eigenvalue weighted by molar-refractivity contribution is -0.139. The summed E-state index contributed by atoms with van der Waals surface area (Å²) in [4.78, 5) is 24.0. The maximum atomic E-state index is 12.1. The number of rotatable bonds is 4. The molecular weight excluding hydrogens is 288 g/mol. The Balaban J connectivity index is 1.92. The third kappa shape index (κ3) is 4.20. The van der Waals surface area contributed by atoms with E-state index in [1.165, 1.54) is 11.3 Å². The molecule has 116 valence electrons. The average molecular weight is 310 g/mol. The molecule has 1 heterocycles.